The lowest BCUT2D eigenvalue weighted by molar-refractivity contribution is -0.149. The second-order valence-electron chi connectivity index (χ2n) is 4.49. The molecule has 0 aromatic rings. The first-order valence-electron chi connectivity index (χ1n) is 6.18. The number of carbonyl (C=O) groups excluding carboxylic acids is 1. The highest BCUT2D eigenvalue weighted by atomic mass is 19.4. The molecule has 1 rings (SSSR count). The second-order valence-corrected chi connectivity index (χ2v) is 4.49. The summed E-state index contributed by atoms with van der Waals surface area (Å²) >= 11 is 0. The van der Waals surface area contributed by atoms with Crippen molar-refractivity contribution in [3.8, 4) is 0 Å². The third-order valence-corrected chi connectivity index (χ3v) is 2.85. The maximum absolute atomic E-state index is 12.2. The van der Waals surface area contributed by atoms with Crippen molar-refractivity contribution in [1.82, 2.24) is 9.80 Å². The van der Waals surface area contributed by atoms with Crippen LogP contribution in [0.2, 0.25) is 0 Å². The molecule has 0 aromatic heterocycles. The van der Waals surface area contributed by atoms with Gasteiger partial charge in [0.15, 0.2) is 0 Å². The van der Waals surface area contributed by atoms with E-state index < -0.39 is 18.7 Å². The molecule has 1 aliphatic heterocycles. The summed E-state index contributed by atoms with van der Waals surface area (Å²) < 4.78 is 41.4. The van der Waals surface area contributed by atoms with Crippen molar-refractivity contribution < 1.29 is 22.7 Å². The molecule has 7 heteroatoms. The van der Waals surface area contributed by atoms with Crippen LogP contribution in [0, 0.1) is 0 Å². The van der Waals surface area contributed by atoms with E-state index in [0.717, 1.165) is 0 Å². The van der Waals surface area contributed by atoms with Crippen LogP contribution in [0.1, 0.15) is 6.92 Å². The number of rotatable bonds is 5. The fraction of sp³-hybridized carbons (Fsp3) is 0.750. The van der Waals surface area contributed by atoms with Crippen molar-refractivity contribution in [2.75, 3.05) is 45.9 Å². The summed E-state index contributed by atoms with van der Waals surface area (Å²) in [6.07, 6.45) is -4.16. The first-order valence-corrected chi connectivity index (χ1v) is 6.18. The normalized spacial score (nSPS) is 18.3. The number of halogens is 3. The SMILES string of the molecule is C=C(CN1CCN(CC(F)(F)F)CC1)C(=O)OCC. The van der Waals surface area contributed by atoms with Crippen LogP contribution in [0.3, 0.4) is 0 Å². The number of carbonyl (C=O) groups is 1. The van der Waals surface area contributed by atoms with Gasteiger partial charge in [0.25, 0.3) is 0 Å². The smallest absolute Gasteiger partial charge is 0.401 e. The molecule has 0 aromatic carbocycles. The highest BCUT2D eigenvalue weighted by Crippen LogP contribution is 2.17. The molecule has 0 aliphatic carbocycles. The zero-order chi connectivity index (χ0) is 14.5. The number of piperazine rings is 1. The number of nitrogens with zero attached hydrogens (tertiary/aromatic N) is 2. The molecule has 0 N–H and O–H groups in total. The quantitative estimate of drug-likeness (QED) is 0.561. The third kappa shape index (κ3) is 6.07. The van der Waals surface area contributed by atoms with Gasteiger partial charge in [0.1, 0.15) is 0 Å². The molecule has 0 radical (unpaired) electrons. The van der Waals surface area contributed by atoms with Crippen LogP contribution < -0.4 is 0 Å². The summed E-state index contributed by atoms with van der Waals surface area (Å²) in [6.45, 7) is 6.78. The van der Waals surface area contributed by atoms with Gasteiger partial charge in [-0.2, -0.15) is 13.2 Å². The Morgan fingerprint density at radius 3 is 2.21 bits per heavy atom. The number of esters is 1. The number of ether oxygens (including phenoxy) is 1. The summed E-state index contributed by atoms with van der Waals surface area (Å²) in [6, 6.07) is 0. The Bertz CT molecular complexity index is 323. The monoisotopic (exact) mass is 280 g/mol. The van der Waals surface area contributed by atoms with E-state index in [4.69, 9.17) is 4.74 Å². The minimum atomic E-state index is -4.16. The lowest BCUT2D eigenvalue weighted by Crippen LogP contribution is -2.49. The minimum Gasteiger partial charge on any atom is -0.463 e. The van der Waals surface area contributed by atoms with Gasteiger partial charge in [-0.3, -0.25) is 9.80 Å². The Balaban J connectivity index is 2.30. The number of alkyl halides is 3. The molecule has 0 saturated carbocycles. The Hall–Kier alpha value is -1.08. The molecule has 1 fully saturated rings. The minimum absolute atomic E-state index is 0.289. The summed E-state index contributed by atoms with van der Waals surface area (Å²) in [7, 11) is 0. The molecule has 0 unspecified atom stereocenters. The maximum atomic E-state index is 12.2. The average molecular weight is 280 g/mol. The Morgan fingerprint density at radius 2 is 1.74 bits per heavy atom. The molecule has 0 bridgehead atoms. The van der Waals surface area contributed by atoms with Crippen LogP contribution in [0.5, 0.6) is 0 Å². The zero-order valence-corrected chi connectivity index (χ0v) is 11.0. The standard InChI is InChI=1S/C12H19F3N2O2/c1-3-19-11(18)10(2)8-16-4-6-17(7-5-16)9-12(13,14)15/h2-9H2,1H3. The van der Waals surface area contributed by atoms with Gasteiger partial charge in [-0.25, -0.2) is 4.79 Å². The number of hydrogen-bond acceptors (Lipinski definition) is 4. The van der Waals surface area contributed by atoms with Crippen molar-refractivity contribution in [2.45, 2.75) is 13.1 Å². The van der Waals surface area contributed by atoms with E-state index >= 15 is 0 Å². The first-order chi connectivity index (χ1) is 8.81. The van der Waals surface area contributed by atoms with Gasteiger partial charge in [0.2, 0.25) is 0 Å². The molecule has 1 saturated heterocycles. The van der Waals surface area contributed by atoms with Crippen molar-refractivity contribution in [3.05, 3.63) is 12.2 Å². The van der Waals surface area contributed by atoms with Crippen molar-refractivity contribution in [3.63, 3.8) is 0 Å². The van der Waals surface area contributed by atoms with Gasteiger partial charge in [-0.1, -0.05) is 6.58 Å². The number of hydrogen-bond donors (Lipinski definition) is 0. The molecule has 4 nitrogen and oxygen atoms in total. The molecule has 1 heterocycles. The average Bonchev–Trinajstić information content (AvgIpc) is 2.30. The van der Waals surface area contributed by atoms with Crippen LogP contribution in [-0.2, 0) is 9.53 Å². The summed E-state index contributed by atoms with van der Waals surface area (Å²) in [5.41, 5.74) is 0.339. The predicted molar refractivity (Wildman–Crippen MR) is 64.7 cm³/mol. The van der Waals surface area contributed by atoms with Crippen molar-refractivity contribution in [1.29, 1.82) is 0 Å². The largest absolute Gasteiger partial charge is 0.463 e. The lowest BCUT2D eigenvalue weighted by Gasteiger charge is -2.34. The summed E-state index contributed by atoms with van der Waals surface area (Å²) in [4.78, 5) is 14.6. The van der Waals surface area contributed by atoms with E-state index in [0.29, 0.717) is 38.3 Å². The molecule has 19 heavy (non-hydrogen) atoms. The van der Waals surface area contributed by atoms with Gasteiger partial charge in [0.05, 0.1) is 13.2 Å². The molecule has 0 spiro atoms. The highest BCUT2D eigenvalue weighted by Gasteiger charge is 2.32. The van der Waals surface area contributed by atoms with Gasteiger partial charge in [0, 0.05) is 38.3 Å². The lowest BCUT2D eigenvalue weighted by atomic mass is 10.2. The van der Waals surface area contributed by atoms with Crippen LogP contribution in [0.25, 0.3) is 0 Å². The van der Waals surface area contributed by atoms with Crippen LogP contribution in [0.15, 0.2) is 12.2 Å². The molecule has 1 aliphatic rings. The van der Waals surface area contributed by atoms with E-state index in [1.54, 1.807) is 6.92 Å². The van der Waals surface area contributed by atoms with Crippen LogP contribution in [-0.4, -0.2) is 67.8 Å². The van der Waals surface area contributed by atoms with Gasteiger partial charge in [-0.05, 0) is 6.92 Å². The molecule has 110 valence electrons. The Morgan fingerprint density at radius 1 is 1.21 bits per heavy atom. The van der Waals surface area contributed by atoms with Gasteiger partial charge >= 0.3 is 12.1 Å². The van der Waals surface area contributed by atoms with E-state index in [9.17, 15) is 18.0 Å². The third-order valence-electron chi connectivity index (χ3n) is 2.85. The van der Waals surface area contributed by atoms with Crippen LogP contribution in [0.4, 0.5) is 13.2 Å². The van der Waals surface area contributed by atoms with E-state index in [2.05, 4.69) is 6.58 Å². The predicted octanol–water partition coefficient (Wildman–Crippen LogP) is 1.29. The van der Waals surface area contributed by atoms with Crippen molar-refractivity contribution in [2.24, 2.45) is 0 Å². The topological polar surface area (TPSA) is 32.8 Å². The molecule has 0 atom stereocenters. The summed E-state index contributed by atoms with van der Waals surface area (Å²) in [5, 5.41) is 0. The van der Waals surface area contributed by atoms with Gasteiger partial charge in [-0.15, -0.1) is 0 Å². The Labute approximate surface area is 110 Å². The fourth-order valence-electron chi connectivity index (χ4n) is 1.93. The van der Waals surface area contributed by atoms with E-state index in [-0.39, 0.29) is 6.61 Å². The van der Waals surface area contributed by atoms with Crippen molar-refractivity contribution >= 4 is 5.97 Å². The zero-order valence-electron chi connectivity index (χ0n) is 11.0. The van der Waals surface area contributed by atoms with Crippen LogP contribution >= 0.6 is 0 Å². The van der Waals surface area contributed by atoms with Gasteiger partial charge < -0.3 is 4.74 Å². The maximum Gasteiger partial charge on any atom is 0.401 e. The molecular weight excluding hydrogens is 261 g/mol. The summed E-state index contributed by atoms with van der Waals surface area (Å²) in [5.74, 6) is -0.444. The fourth-order valence-corrected chi connectivity index (χ4v) is 1.93. The highest BCUT2D eigenvalue weighted by molar-refractivity contribution is 5.88. The molecular formula is C12H19F3N2O2. The molecule has 0 amide bonds. The first kappa shape index (κ1) is 16.0. The van der Waals surface area contributed by atoms with E-state index in [1.807, 2.05) is 4.90 Å². The Kier molecular flexibility index (Phi) is 5.81. The van der Waals surface area contributed by atoms with E-state index in [1.165, 1.54) is 4.90 Å². The second kappa shape index (κ2) is 6.91.